The average molecular weight is 467 g/mol. The first-order chi connectivity index (χ1) is 15.5. The zero-order valence-electron chi connectivity index (χ0n) is 17.4. The fourth-order valence-electron chi connectivity index (χ4n) is 2.63. The van der Waals surface area contributed by atoms with Crippen molar-refractivity contribution in [2.24, 2.45) is 0 Å². The van der Waals surface area contributed by atoms with Crippen molar-refractivity contribution in [3.63, 3.8) is 0 Å². The minimum absolute atomic E-state index is 0.000492. The molecule has 0 aliphatic rings. The van der Waals surface area contributed by atoms with Gasteiger partial charge in [0, 0.05) is 11.3 Å². The highest BCUT2D eigenvalue weighted by atomic mass is 32.2. The molecular weight excluding hydrogens is 444 g/mol. The molecule has 0 aliphatic heterocycles. The molecule has 0 saturated heterocycles. The van der Waals surface area contributed by atoms with Crippen molar-refractivity contribution < 1.29 is 14.4 Å². The van der Waals surface area contributed by atoms with Crippen LogP contribution in [0.3, 0.4) is 0 Å². The van der Waals surface area contributed by atoms with E-state index >= 15 is 0 Å². The molecule has 1 aromatic heterocycles. The smallest absolute Gasteiger partial charge is 0.248 e. The first-order valence-corrected chi connectivity index (χ1v) is 11.8. The largest absolute Gasteiger partial charge is 0.293 e. The Hall–Kier alpha value is -3.17. The van der Waals surface area contributed by atoms with Gasteiger partial charge in [0.2, 0.25) is 11.8 Å². The highest BCUT2D eigenvalue weighted by Crippen LogP contribution is 2.21. The fourth-order valence-corrected chi connectivity index (χ4v) is 4.24. The molecule has 0 aliphatic carbocycles. The van der Waals surface area contributed by atoms with Crippen LogP contribution in [0.15, 0.2) is 76.9 Å². The van der Waals surface area contributed by atoms with Gasteiger partial charge in [0.15, 0.2) is 10.9 Å². The van der Waals surface area contributed by atoms with Crippen LogP contribution in [0.5, 0.6) is 0 Å². The Kier molecular flexibility index (Phi) is 8.82. The van der Waals surface area contributed by atoms with Crippen LogP contribution >= 0.6 is 23.5 Å². The maximum absolute atomic E-state index is 12.3. The van der Waals surface area contributed by atoms with Crippen LogP contribution < -0.4 is 10.9 Å². The molecule has 0 bridgehead atoms. The van der Waals surface area contributed by atoms with Crippen molar-refractivity contribution in [3.8, 4) is 0 Å². The van der Waals surface area contributed by atoms with E-state index in [4.69, 9.17) is 0 Å². The minimum atomic E-state index is -0.346. The summed E-state index contributed by atoms with van der Waals surface area (Å²) in [5.74, 6) is -0.337. The van der Waals surface area contributed by atoms with Gasteiger partial charge in [-0.05, 0) is 18.6 Å². The predicted molar refractivity (Wildman–Crippen MR) is 125 cm³/mol. The molecule has 32 heavy (non-hydrogen) atoms. The van der Waals surface area contributed by atoms with Gasteiger partial charge in [-0.1, -0.05) is 84.2 Å². The molecule has 3 aromatic rings. The third-order valence-corrected chi connectivity index (χ3v) is 5.90. The van der Waals surface area contributed by atoms with E-state index in [0.717, 1.165) is 11.3 Å². The third kappa shape index (κ3) is 7.82. The average Bonchev–Trinajstić information content (AvgIpc) is 2.81. The summed E-state index contributed by atoms with van der Waals surface area (Å²) in [4.78, 5) is 45.0. The zero-order valence-corrected chi connectivity index (χ0v) is 19.0. The maximum Gasteiger partial charge on any atom is 0.248 e. The van der Waals surface area contributed by atoms with Gasteiger partial charge < -0.3 is 0 Å². The van der Waals surface area contributed by atoms with Crippen LogP contribution in [0.25, 0.3) is 0 Å². The van der Waals surface area contributed by atoms with Gasteiger partial charge in [0.25, 0.3) is 0 Å². The van der Waals surface area contributed by atoms with Gasteiger partial charge in [0.05, 0.1) is 17.9 Å². The SMILES string of the molecule is Cc1cc(SCC(=O)NNC(=O)Cc2ccccc2)nc(SCC(=O)c2ccccc2)n1. The summed E-state index contributed by atoms with van der Waals surface area (Å²) >= 11 is 2.49. The van der Waals surface area contributed by atoms with E-state index in [9.17, 15) is 14.4 Å². The van der Waals surface area contributed by atoms with Crippen LogP contribution in [0.1, 0.15) is 21.6 Å². The predicted octanol–water partition coefficient (Wildman–Crippen LogP) is 3.24. The molecule has 7 nitrogen and oxygen atoms in total. The van der Waals surface area contributed by atoms with Crippen LogP contribution in [0.2, 0.25) is 0 Å². The molecule has 0 fully saturated rings. The Labute approximate surface area is 194 Å². The van der Waals surface area contributed by atoms with Gasteiger partial charge >= 0.3 is 0 Å². The van der Waals surface area contributed by atoms with E-state index in [0.29, 0.717) is 15.7 Å². The van der Waals surface area contributed by atoms with Crippen LogP contribution in [-0.4, -0.2) is 39.1 Å². The molecule has 3 rings (SSSR count). The van der Waals surface area contributed by atoms with Crippen molar-refractivity contribution in [3.05, 3.63) is 83.6 Å². The lowest BCUT2D eigenvalue weighted by Gasteiger charge is -2.08. The first kappa shape index (κ1) is 23.5. The number of hydrogen-bond donors (Lipinski definition) is 2. The molecule has 164 valence electrons. The number of amides is 2. The van der Waals surface area contributed by atoms with Crippen molar-refractivity contribution >= 4 is 41.1 Å². The van der Waals surface area contributed by atoms with Crippen molar-refractivity contribution in [1.29, 1.82) is 0 Å². The molecule has 0 saturated carbocycles. The van der Waals surface area contributed by atoms with Gasteiger partial charge in [-0.2, -0.15) is 0 Å². The van der Waals surface area contributed by atoms with E-state index in [2.05, 4.69) is 20.8 Å². The number of hydrogen-bond acceptors (Lipinski definition) is 7. The summed E-state index contributed by atoms with van der Waals surface area (Å²) in [6.07, 6.45) is 0.182. The number of carbonyl (C=O) groups is 3. The van der Waals surface area contributed by atoms with Gasteiger partial charge in [-0.3, -0.25) is 25.2 Å². The third-order valence-electron chi connectivity index (χ3n) is 4.14. The van der Waals surface area contributed by atoms with E-state index in [-0.39, 0.29) is 35.5 Å². The number of aromatic nitrogens is 2. The van der Waals surface area contributed by atoms with Crippen LogP contribution in [-0.2, 0) is 16.0 Å². The quantitative estimate of drug-likeness (QED) is 0.164. The number of hydrazine groups is 1. The molecule has 1 heterocycles. The molecule has 9 heteroatoms. The molecule has 2 N–H and O–H groups in total. The molecule has 0 unspecified atom stereocenters. The second-order valence-corrected chi connectivity index (χ2v) is 8.69. The zero-order chi connectivity index (χ0) is 22.8. The minimum Gasteiger partial charge on any atom is -0.293 e. The van der Waals surface area contributed by atoms with Crippen molar-refractivity contribution in [1.82, 2.24) is 20.8 Å². The summed E-state index contributed by atoms with van der Waals surface area (Å²) in [5, 5.41) is 1.10. The monoisotopic (exact) mass is 466 g/mol. The molecule has 2 amide bonds. The van der Waals surface area contributed by atoms with Crippen LogP contribution in [0.4, 0.5) is 0 Å². The number of nitrogens with zero attached hydrogens (tertiary/aromatic N) is 2. The Bertz CT molecular complexity index is 1080. The number of ketones is 1. The topological polar surface area (TPSA) is 101 Å². The number of thioether (sulfide) groups is 2. The van der Waals surface area contributed by atoms with E-state index in [1.54, 1.807) is 18.2 Å². The Morgan fingerprint density at radius 3 is 2.19 bits per heavy atom. The molecular formula is C23H22N4O3S2. The summed E-state index contributed by atoms with van der Waals surface area (Å²) < 4.78 is 0. The van der Waals surface area contributed by atoms with E-state index in [1.165, 1.54) is 23.5 Å². The number of benzene rings is 2. The van der Waals surface area contributed by atoms with Gasteiger partial charge in [-0.15, -0.1) is 0 Å². The second-order valence-electron chi connectivity index (χ2n) is 6.76. The highest BCUT2D eigenvalue weighted by molar-refractivity contribution is 8.00. The highest BCUT2D eigenvalue weighted by Gasteiger charge is 2.11. The lowest BCUT2D eigenvalue weighted by atomic mass is 10.1. The number of Topliss-reactive ketones (excluding diaryl/α,β-unsaturated/α-hetero) is 1. The van der Waals surface area contributed by atoms with E-state index in [1.807, 2.05) is 55.5 Å². The Balaban J connectivity index is 1.45. The number of carbonyl (C=O) groups excluding carboxylic acids is 3. The summed E-state index contributed by atoms with van der Waals surface area (Å²) in [5.41, 5.74) is 7.07. The lowest BCUT2D eigenvalue weighted by molar-refractivity contribution is -0.127. The molecule has 0 radical (unpaired) electrons. The normalized spacial score (nSPS) is 10.4. The summed E-state index contributed by atoms with van der Waals surface area (Å²) in [7, 11) is 0. The fraction of sp³-hybridized carbons (Fsp3) is 0.174. The number of aryl methyl sites for hydroxylation is 1. The second kappa shape index (κ2) is 12.0. The maximum atomic E-state index is 12.3. The summed E-state index contributed by atoms with van der Waals surface area (Å²) in [6, 6.07) is 20.1. The Morgan fingerprint density at radius 2 is 1.47 bits per heavy atom. The molecule has 0 atom stereocenters. The summed E-state index contributed by atoms with van der Waals surface area (Å²) in [6.45, 7) is 1.83. The van der Waals surface area contributed by atoms with Crippen molar-refractivity contribution in [2.75, 3.05) is 11.5 Å². The standard InChI is InChI=1S/C23H22N4O3S2/c1-16-12-22(25-23(24-16)32-14-19(28)18-10-6-3-7-11-18)31-15-21(30)27-26-20(29)13-17-8-4-2-5-9-17/h2-12H,13-15H2,1H3,(H,26,29)(H,27,30). The lowest BCUT2D eigenvalue weighted by Crippen LogP contribution is -2.43. The van der Waals surface area contributed by atoms with Gasteiger partial charge in [0.1, 0.15) is 5.03 Å². The first-order valence-electron chi connectivity index (χ1n) is 9.81. The van der Waals surface area contributed by atoms with Gasteiger partial charge in [-0.25, -0.2) is 9.97 Å². The molecule has 0 spiro atoms. The number of nitrogens with one attached hydrogen (secondary N) is 2. The number of rotatable bonds is 9. The Morgan fingerprint density at radius 1 is 0.812 bits per heavy atom. The van der Waals surface area contributed by atoms with Crippen LogP contribution in [0, 0.1) is 6.92 Å². The molecule has 2 aromatic carbocycles. The van der Waals surface area contributed by atoms with Crippen molar-refractivity contribution in [2.45, 2.75) is 23.5 Å². The van der Waals surface area contributed by atoms with E-state index < -0.39 is 0 Å².